The Hall–Kier alpha value is -4.17. The minimum atomic E-state index is -0.989. The highest BCUT2D eigenvalue weighted by atomic mass is 32.1. The minimum absolute atomic E-state index is 0.110. The number of phenols is 1. The molecule has 3 heterocycles. The van der Waals surface area contributed by atoms with Gasteiger partial charge in [-0.2, -0.15) is 0 Å². The number of aromatic hydroxyl groups is 1. The maximum atomic E-state index is 11.5. The van der Waals surface area contributed by atoms with Gasteiger partial charge in [-0.15, -0.1) is 0 Å². The summed E-state index contributed by atoms with van der Waals surface area (Å²) in [6.45, 7) is 0. The molecule has 7 nitrogen and oxygen atoms in total. The molecule has 0 aliphatic carbocycles. The Morgan fingerprint density at radius 2 is 1.82 bits per heavy atom. The molecule has 3 N–H and O–H groups in total. The predicted octanol–water partition coefficient (Wildman–Crippen LogP) is 4.45. The quantitative estimate of drug-likeness (QED) is 0.382. The SMILES string of the molecule is O=C(O)c1cccc(-n2cccc2C2C(c3ccccn3)NC(=S)N2c2ccccc2O)c1. The van der Waals surface area contributed by atoms with Crippen LogP contribution in [0.5, 0.6) is 5.75 Å². The number of carbonyl (C=O) groups is 1. The van der Waals surface area contributed by atoms with Crippen molar-refractivity contribution < 1.29 is 15.0 Å². The van der Waals surface area contributed by atoms with Crippen molar-refractivity contribution in [1.29, 1.82) is 0 Å². The maximum Gasteiger partial charge on any atom is 0.335 e. The Labute approximate surface area is 195 Å². The molecule has 0 saturated carbocycles. The lowest BCUT2D eigenvalue weighted by Crippen LogP contribution is -2.30. The number of phenolic OH excluding ortho intramolecular Hbond substituents is 1. The first-order valence-corrected chi connectivity index (χ1v) is 10.7. The number of rotatable bonds is 5. The number of carboxylic acids is 1. The van der Waals surface area contributed by atoms with Crippen molar-refractivity contribution >= 4 is 29.0 Å². The summed E-state index contributed by atoms with van der Waals surface area (Å²) >= 11 is 5.71. The summed E-state index contributed by atoms with van der Waals surface area (Å²) in [6.07, 6.45) is 3.62. The number of benzene rings is 2. The van der Waals surface area contributed by atoms with Crippen molar-refractivity contribution in [1.82, 2.24) is 14.9 Å². The van der Waals surface area contributed by atoms with Gasteiger partial charge in [-0.1, -0.05) is 24.3 Å². The third-order valence-electron chi connectivity index (χ3n) is 5.69. The first-order chi connectivity index (χ1) is 16.0. The normalized spacial score (nSPS) is 17.7. The Morgan fingerprint density at radius 3 is 2.58 bits per heavy atom. The lowest BCUT2D eigenvalue weighted by atomic mass is 10.0. The van der Waals surface area contributed by atoms with Crippen molar-refractivity contribution in [2.24, 2.45) is 0 Å². The molecule has 1 fully saturated rings. The van der Waals surface area contributed by atoms with Crippen molar-refractivity contribution in [3.05, 3.63) is 108 Å². The molecule has 1 aliphatic heterocycles. The topological polar surface area (TPSA) is 90.6 Å². The highest BCUT2D eigenvalue weighted by Gasteiger charge is 2.42. The van der Waals surface area contributed by atoms with Gasteiger partial charge in [0.1, 0.15) is 11.8 Å². The van der Waals surface area contributed by atoms with E-state index in [4.69, 9.17) is 12.2 Å². The number of aromatic carboxylic acids is 1. The number of aromatic nitrogens is 2. The molecule has 164 valence electrons. The average Bonchev–Trinajstić information content (AvgIpc) is 3.44. The Kier molecular flexibility index (Phi) is 5.27. The third kappa shape index (κ3) is 3.70. The van der Waals surface area contributed by atoms with E-state index in [-0.39, 0.29) is 23.4 Å². The van der Waals surface area contributed by atoms with Gasteiger partial charge >= 0.3 is 5.97 Å². The Balaban J connectivity index is 1.68. The Morgan fingerprint density at radius 1 is 1.00 bits per heavy atom. The standard InChI is InChI=1S/C25H20N4O3S/c30-21-12-2-1-10-19(21)29-23(22(27-25(29)33)18-9-3-4-13-26-18)20-11-6-14-28(20)17-8-5-7-16(15-17)24(31)32/h1-15,22-23,30H,(H,27,33)(H,31,32). The molecule has 0 amide bonds. The van der Waals surface area contributed by atoms with Gasteiger partial charge in [0, 0.05) is 23.8 Å². The zero-order valence-corrected chi connectivity index (χ0v) is 18.2. The Bertz CT molecular complexity index is 1340. The number of carboxylic acid groups (broad SMARTS) is 1. The minimum Gasteiger partial charge on any atom is -0.506 e. The first-order valence-electron chi connectivity index (χ1n) is 10.3. The number of anilines is 1. The number of hydrogen-bond acceptors (Lipinski definition) is 4. The molecular weight excluding hydrogens is 436 g/mol. The van der Waals surface area contributed by atoms with E-state index in [0.29, 0.717) is 16.5 Å². The molecule has 1 saturated heterocycles. The number of thiocarbonyl (C=S) groups is 1. The molecule has 33 heavy (non-hydrogen) atoms. The van der Waals surface area contributed by atoms with Crippen molar-refractivity contribution in [2.45, 2.75) is 12.1 Å². The van der Waals surface area contributed by atoms with E-state index < -0.39 is 5.97 Å². The van der Waals surface area contributed by atoms with Crippen LogP contribution in [-0.2, 0) is 0 Å². The van der Waals surface area contributed by atoms with Crippen LogP contribution in [-0.4, -0.2) is 30.8 Å². The van der Waals surface area contributed by atoms with E-state index in [1.165, 1.54) is 0 Å². The van der Waals surface area contributed by atoms with E-state index in [9.17, 15) is 15.0 Å². The molecule has 2 aromatic carbocycles. The predicted molar refractivity (Wildman–Crippen MR) is 129 cm³/mol. The van der Waals surface area contributed by atoms with Gasteiger partial charge in [-0.05, 0) is 66.8 Å². The number of nitrogens with one attached hydrogen (secondary N) is 1. The summed E-state index contributed by atoms with van der Waals surface area (Å²) in [5.74, 6) is -0.879. The zero-order chi connectivity index (χ0) is 22.9. The summed E-state index contributed by atoms with van der Waals surface area (Å²) in [5, 5.41) is 23.9. The molecule has 1 aliphatic rings. The second kappa shape index (κ2) is 8.40. The molecule has 2 unspecified atom stereocenters. The fourth-order valence-corrected chi connectivity index (χ4v) is 4.58. The van der Waals surface area contributed by atoms with Gasteiger partial charge in [0.25, 0.3) is 0 Å². The summed E-state index contributed by atoms with van der Waals surface area (Å²) in [7, 11) is 0. The van der Waals surface area contributed by atoms with Gasteiger partial charge in [0.2, 0.25) is 0 Å². The molecule has 2 aromatic heterocycles. The fourth-order valence-electron chi connectivity index (χ4n) is 4.24. The first kappa shape index (κ1) is 20.7. The van der Waals surface area contributed by atoms with Gasteiger partial charge in [0.15, 0.2) is 5.11 Å². The van der Waals surface area contributed by atoms with Crippen LogP contribution < -0.4 is 10.2 Å². The molecule has 2 atom stereocenters. The van der Waals surface area contributed by atoms with Crippen LogP contribution in [0.1, 0.15) is 33.8 Å². The van der Waals surface area contributed by atoms with Crippen molar-refractivity contribution in [3.63, 3.8) is 0 Å². The monoisotopic (exact) mass is 456 g/mol. The lowest BCUT2D eigenvalue weighted by Gasteiger charge is -2.29. The lowest BCUT2D eigenvalue weighted by molar-refractivity contribution is 0.0697. The summed E-state index contributed by atoms with van der Waals surface area (Å²) in [4.78, 5) is 18.0. The van der Waals surface area contributed by atoms with E-state index in [2.05, 4.69) is 10.3 Å². The third-order valence-corrected chi connectivity index (χ3v) is 6.01. The van der Waals surface area contributed by atoms with E-state index in [1.807, 2.05) is 64.2 Å². The van der Waals surface area contributed by atoms with Crippen molar-refractivity contribution in [2.75, 3.05) is 4.90 Å². The van der Waals surface area contributed by atoms with E-state index >= 15 is 0 Å². The second-order valence-electron chi connectivity index (χ2n) is 7.64. The summed E-state index contributed by atoms with van der Waals surface area (Å²) in [6, 6.07) is 22.7. The molecule has 0 bridgehead atoms. The van der Waals surface area contributed by atoms with Crippen LogP contribution in [0.4, 0.5) is 5.69 Å². The van der Waals surface area contributed by atoms with Crippen LogP contribution in [0.25, 0.3) is 5.69 Å². The van der Waals surface area contributed by atoms with Crippen LogP contribution >= 0.6 is 12.2 Å². The molecule has 0 radical (unpaired) electrons. The van der Waals surface area contributed by atoms with Gasteiger partial charge in [-0.25, -0.2) is 4.79 Å². The maximum absolute atomic E-state index is 11.5. The largest absolute Gasteiger partial charge is 0.506 e. The average molecular weight is 457 g/mol. The molecule has 8 heteroatoms. The molecule has 5 rings (SSSR count). The summed E-state index contributed by atoms with van der Waals surface area (Å²) < 4.78 is 1.94. The van der Waals surface area contributed by atoms with Crippen LogP contribution in [0.3, 0.4) is 0 Å². The fraction of sp³-hybridized carbons (Fsp3) is 0.0800. The van der Waals surface area contributed by atoms with E-state index in [1.54, 1.807) is 36.5 Å². The summed E-state index contributed by atoms with van der Waals surface area (Å²) in [5.41, 5.74) is 3.15. The van der Waals surface area contributed by atoms with Gasteiger partial charge in [0.05, 0.1) is 23.0 Å². The number of para-hydroxylation sites is 2. The van der Waals surface area contributed by atoms with Crippen LogP contribution in [0.2, 0.25) is 0 Å². The molecule has 0 spiro atoms. The second-order valence-corrected chi connectivity index (χ2v) is 8.03. The highest BCUT2D eigenvalue weighted by Crippen LogP contribution is 2.44. The van der Waals surface area contributed by atoms with Crippen LogP contribution in [0, 0.1) is 0 Å². The van der Waals surface area contributed by atoms with Crippen LogP contribution in [0.15, 0.2) is 91.3 Å². The number of hydrogen-bond donors (Lipinski definition) is 3. The molecular formula is C25H20N4O3S. The van der Waals surface area contributed by atoms with Gasteiger partial charge in [-0.3, -0.25) is 4.98 Å². The zero-order valence-electron chi connectivity index (χ0n) is 17.4. The van der Waals surface area contributed by atoms with Gasteiger partial charge < -0.3 is 25.0 Å². The van der Waals surface area contributed by atoms with Crippen molar-refractivity contribution in [3.8, 4) is 11.4 Å². The highest BCUT2D eigenvalue weighted by molar-refractivity contribution is 7.80. The smallest absolute Gasteiger partial charge is 0.335 e. The molecule has 4 aromatic rings. The van der Waals surface area contributed by atoms with E-state index in [0.717, 1.165) is 11.4 Å². The number of pyridine rings is 1. The number of nitrogens with zero attached hydrogens (tertiary/aromatic N) is 3.